The third kappa shape index (κ3) is 2.47. The first-order valence-electron chi connectivity index (χ1n) is 7.17. The zero-order valence-corrected chi connectivity index (χ0v) is 12.3. The van der Waals surface area contributed by atoms with Crippen molar-refractivity contribution in [2.24, 2.45) is 0 Å². The second-order valence-electron chi connectivity index (χ2n) is 6.52. The zero-order valence-electron chi connectivity index (χ0n) is 12.3. The Hall–Kier alpha value is -1.71. The van der Waals surface area contributed by atoms with Gasteiger partial charge in [0.05, 0.1) is 0 Å². The molecule has 4 nitrogen and oxygen atoms in total. The standard InChI is InChI=1S/C16H21NO3/c1-16(2,3)20-15(18)17-9-8-14-12(10-17)11-6-4-5-7-13(11)19-14/h4-7,12,14H,8-10H2,1-3H3. The number of piperidine rings is 1. The van der Waals surface area contributed by atoms with Crippen molar-refractivity contribution in [3.05, 3.63) is 29.8 Å². The molecule has 0 N–H and O–H groups in total. The van der Waals surface area contributed by atoms with Crippen LogP contribution in [0.25, 0.3) is 0 Å². The van der Waals surface area contributed by atoms with E-state index in [1.165, 1.54) is 5.56 Å². The number of carbonyl (C=O) groups is 1. The van der Waals surface area contributed by atoms with E-state index in [0.717, 1.165) is 12.2 Å². The molecule has 20 heavy (non-hydrogen) atoms. The molecule has 0 saturated carbocycles. The van der Waals surface area contributed by atoms with Crippen LogP contribution in [0.15, 0.2) is 24.3 Å². The molecule has 1 fully saturated rings. The fraction of sp³-hybridized carbons (Fsp3) is 0.562. The lowest BCUT2D eigenvalue weighted by Crippen LogP contribution is -2.46. The Kier molecular flexibility index (Phi) is 3.11. The van der Waals surface area contributed by atoms with Crippen LogP contribution in [0.5, 0.6) is 5.75 Å². The van der Waals surface area contributed by atoms with Gasteiger partial charge < -0.3 is 14.4 Å². The Morgan fingerprint density at radius 2 is 2.10 bits per heavy atom. The summed E-state index contributed by atoms with van der Waals surface area (Å²) in [5.41, 5.74) is 0.767. The molecule has 4 heteroatoms. The van der Waals surface area contributed by atoms with Crippen LogP contribution < -0.4 is 4.74 Å². The molecule has 1 saturated heterocycles. The van der Waals surface area contributed by atoms with Gasteiger partial charge >= 0.3 is 6.09 Å². The number of ether oxygens (including phenoxy) is 2. The summed E-state index contributed by atoms with van der Waals surface area (Å²) in [4.78, 5) is 14.0. The van der Waals surface area contributed by atoms with Crippen molar-refractivity contribution >= 4 is 6.09 Å². The van der Waals surface area contributed by atoms with E-state index in [1.807, 2.05) is 39.0 Å². The van der Waals surface area contributed by atoms with Crippen LogP contribution in [0.4, 0.5) is 4.79 Å². The molecule has 3 rings (SSSR count). The van der Waals surface area contributed by atoms with Crippen LogP contribution in [0.2, 0.25) is 0 Å². The number of para-hydroxylation sites is 1. The largest absolute Gasteiger partial charge is 0.489 e. The maximum atomic E-state index is 12.2. The highest BCUT2D eigenvalue weighted by atomic mass is 16.6. The maximum Gasteiger partial charge on any atom is 0.410 e. The summed E-state index contributed by atoms with van der Waals surface area (Å²) >= 11 is 0. The first-order chi connectivity index (χ1) is 9.44. The minimum atomic E-state index is -0.446. The number of likely N-dealkylation sites (tertiary alicyclic amines) is 1. The van der Waals surface area contributed by atoms with Crippen molar-refractivity contribution in [1.82, 2.24) is 4.90 Å². The molecule has 1 amide bonds. The maximum absolute atomic E-state index is 12.2. The van der Waals surface area contributed by atoms with Gasteiger partial charge in [-0.05, 0) is 26.8 Å². The minimum absolute atomic E-state index is 0.200. The van der Waals surface area contributed by atoms with E-state index in [9.17, 15) is 4.79 Å². The van der Waals surface area contributed by atoms with Gasteiger partial charge in [0, 0.05) is 31.0 Å². The van der Waals surface area contributed by atoms with Crippen molar-refractivity contribution in [3.8, 4) is 5.75 Å². The summed E-state index contributed by atoms with van der Waals surface area (Å²) in [6.07, 6.45) is 0.838. The van der Waals surface area contributed by atoms with E-state index in [1.54, 1.807) is 4.90 Å². The monoisotopic (exact) mass is 275 g/mol. The van der Waals surface area contributed by atoms with Gasteiger partial charge in [-0.2, -0.15) is 0 Å². The summed E-state index contributed by atoms with van der Waals surface area (Å²) < 4.78 is 11.4. The summed E-state index contributed by atoms with van der Waals surface area (Å²) in [7, 11) is 0. The van der Waals surface area contributed by atoms with Crippen molar-refractivity contribution in [2.45, 2.75) is 44.8 Å². The predicted octanol–water partition coefficient (Wildman–Crippen LogP) is 3.17. The first kappa shape index (κ1) is 13.3. The van der Waals surface area contributed by atoms with Crippen LogP contribution in [0.3, 0.4) is 0 Å². The molecule has 0 aliphatic carbocycles. The van der Waals surface area contributed by atoms with E-state index in [0.29, 0.717) is 13.1 Å². The molecular weight excluding hydrogens is 254 g/mol. The zero-order chi connectivity index (χ0) is 14.3. The molecule has 2 aliphatic heterocycles. The van der Waals surface area contributed by atoms with E-state index >= 15 is 0 Å². The second kappa shape index (κ2) is 4.69. The van der Waals surface area contributed by atoms with Gasteiger partial charge in [-0.15, -0.1) is 0 Å². The number of fused-ring (bicyclic) bond motifs is 3. The average Bonchev–Trinajstić information content (AvgIpc) is 2.74. The van der Waals surface area contributed by atoms with Crippen molar-refractivity contribution < 1.29 is 14.3 Å². The lowest BCUT2D eigenvalue weighted by molar-refractivity contribution is 0.0118. The summed E-state index contributed by atoms with van der Waals surface area (Å²) in [6.45, 7) is 7.06. The Balaban J connectivity index is 1.73. The Morgan fingerprint density at radius 1 is 1.35 bits per heavy atom. The quantitative estimate of drug-likeness (QED) is 0.730. The predicted molar refractivity (Wildman–Crippen MR) is 76.0 cm³/mol. The summed E-state index contributed by atoms with van der Waals surface area (Å²) in [6, 6.07) is 8.11. The minimum Gasteiger partial charge on any atom is -0.489 e. The van der Waals surface area contributed by atoms with Crippen LogP contribution in [-0.2, 0) is 4.74 Å². The number of benzene rings is 1. The fourth-order valence-corrected chi connectivity index (χ4v) is 2.92. The Morgan fingerprint density at radius 3 is 2.85 bits per heavy atom. The van der Waals surface area contributed by atoms with Gasteiger partial charge in [0.2, 0.25) is 0 Å². The molecule has 0 bridgehead atoms. The normalized spacial score (nSPS) is 24.6. The van der Waals surface area contributed by atoms with Crippen molar-refractivity contribution in [3.63, 3.8) is 0 Å². The van der Waals surface area contributed by atoms with Gasteiger partial charge in [-0.3, -0.25) is 0 Å². The van der Waals surface area contributed by atoms with Crippen LogP contribution in [-0.4, -0.2) is 35.8 Å². The van der Waals surface area contributed by atoms with E-state index in [-0.39, 0.29) is 18.1 Å². The lowest BCUT2D eigenvalue weighted by Gasteiger charge is -2.35. The molecule has 2 unspecified atom stereocenters. The molecule has 2 atom stereocenters. The van der Waals surface area contributed by atoms with E-state index in [2.05, 4.69) is 6.07 Å². The van der Waals surface area contributed by atoms with Crippen LogP contribution in [0.1, 0.15) is 38.7 Å². The number of rotatable bonds is 0. The van der Waals surface area contributed by atoms with Gasteiger partial charge in [0.25, 0.3) is 0 Å². The molecule has 0 spiro atoms. The number of amides is 1. The van der Waals surface area contributed by atoms with Gasteiger partial charge in [0.15, 0.2) is 0 Å². The third-order valence-electron chi connectivity index (χ3n) is 3.80. The first-order valence-corrected chi connectivity index (χ1v) is 7.17. The van der Waals surface area contributed by atoms with Crippen molar-refractivity contribution in [1.29, 1.82) is 0 Å². The Labute approximate surface area is 119 Å². The van der Waals surface area contributed by atoms with Gasteiger partial charge in [0.1, 0.15) is 17.5 Å². The molecule has 0 radical (unpaired) electrons. The van der Waals surface area contributed by atoms with E-state index < -0.39 is 5.60 Å². The lowest BCUT2D eigenvalue weighted by atomic mass is 9.90. The van der Waals surface area contributed by atoms with E-state index in [4.69, 9.17) is 9.47 Å². The fourth-order valence-electron chi connectivity index (χ4n) is 2.92. The highest BCUT2D eigenvalue weighted by Crippen LogP contribution is 2.41. The number of nitrogens with zero attached hydrogens (tertiary/aromatic N) is 1. The van der Waals surface area contributed by atoms with Crippen LogP contribution >= 0.6 is 0 Å². The summed E-state index contributed by atoms with van der Waals surface area (Å²) in [5, 5.41) is 0. The highest BCUT2D eigenvalue weighted by molar-refractivity contribution is 5.68. The number of hydrogen-bond donors (Lipinski definition) is 0. The number of carbonyl (C=O) groups excluding carboxylic acids is 1. The summed E-state index contributed by atoms with van der Waals surface area (Å²) in [5.74, 6) is 1.24. The molecule has 1 aromatic rings. The molecule has 0 aromatic heterocycles. The molecule has 2 aliphatic rings. The van der Waals surface area contributed by atoms with Gasteiger partial charge in [-0.1, -0.05) is 18.2 Å². The SMILES string of the molecule is CC(C)(C)OC(=O)N1CCC2Oc3ccccc3C2C1. The molecular formula is C16H21NO3. The smallest absolute Gasteiger partial charge is 0.410 e. The van der Waals surface area contributed by atoms with Crippen molar-refractivity contribution in [2.75, 3.05) is 13.1 Å². The van der Waals surface area contributed by atoms with Crippen LogP contribution in [0, 0.1) is 0 Å². The second-order valence-corrected chi connectivity index (χ2v) is 6.52. The number of hydrogen-bond acceptors (Lipinski definition) is 3. The topological polar surface area (TPSA) is 38.8 Å². The molecule has 108 valence electrons. The Bertz CT molecular complexity index is 521. The highest BCUT2D eigenvalue weighted by Gasteiger charge is 2.40. The molecule has 2 heterocycles. The molecule has 1 aromatic carbocycles. The average molecular weight is 275 g/mol. The third-order valence-corrected chi connectivity index (χ3v) is 3.80. The van der Waals surface area contributed by atoms with Gasteiger partial charge in [-0.25, -0.2) is 4.79 Å².